The molecule has 24 heavy (non-hydrogen) atoms. The van der Waals surface area contributed by atoms with Crippen LogP contribution in [0.3, 0.4) is 0 Å². The number of amides is 1. The number of imidazole rings is 1. The van der Waals surface area contributed by atoms with Crippen molar-refractivity contribution in [3.63, 3.8) is 0 Å². The number of fused-ring (bicyclic) bond motifs is 2. The van der Waals surface area contributed by atoms with E-state index in [-0.39, 0.29) is 6.09 Å². The third-order valence-electron chi connectivity index (χ3n) is 4.92. The Balaban J connectivity index is 1.53. The summed E-state index contributed by atoms with van der Waals surface area (Å²) in [6.07, 6.45) is 9.96. The van der Waals surface area contributed by atoms with E-state index in [1.54, 1.807) is 0 Å². The molecule has 0 spiro atoms. The Hall–Kier alpha value is -1.56. The molecule has 0 saturated carbocycles. The van der Waals surface area contributed by atoms with Crippen molar-refractivity contribution in [2.24, 2.45) is 0 Å². The molecule has 0 aromatic carbocycles. The highest BCUT2D eigenvalue weighted by Gasteiger charge is 2.41. The summed E-state index contributed by atoms with van der Waals surface area (Å²) in [5.41, 5.74) is -0.423. The highest BCUT2D eigenvalue weighted by atomic mass is 16.6. The van der Waals surface area contributed by atoms with Crippen molar-refractivity contribution in [2.75, 3.05) is 19.6 Å². The molecule has 1 aromatic rings. The average Bonchev–Trinajstić information content (AvgIpc) is 3.06. The molecule has 0 radical (unpaired) electrons. The summed E-state index contributed by atoms with van der Waals surface area (Å²) >= 11 is 0. The van der Waals surface area contributed by atoms with E-state index in [1.165, 1.54) is 0 Å². The third kappa shape index (κ3) is 4.29. The summed E-state index contributed by atoms with van der Waals surface area (Å²) in [6, 6.07) is 0.657. The largest absolute Gasteiger partial charge is 0.444 e. The van der Waals surface area contributed by atoms with Crippen LogP contribution in [0.2, 0.25) is 0 Å². The fourth-order valence-electron chi connectivity index (χ4n) is 3.86. The summed E-state index contributed by atoms with van der Waals surface area (Å²) < 4.78 is 7.76. The van der Waals surface area contributed by atoms with Crippen LogP contribution in [-0.4, -0.2) is 62.8 Å². The Kier molecular flexibility index (Phi) is 5.13. The van der Waals surface area contributed by atoms with Gasteiger partial charge in [0.15, 0.2) is 0 Å². The van der Waals surface area contributed by atoms with Crippen molar-refractivity contribution in [1.29, 1.82) is 0 Å². The van der Waals surface area contributed by atoms with Gasteiger partial charge < -0.3 is 19.1 Å². The molecule has 6 heteroatoms. The second kappa shape index (κ2) is 7.13. The maximum atomic E-state index is 12.6. The fraction of sp³-hybridized carbons (Fsp3) is 0.778. The van der Waals surface area contributed by atoms with E-state index < -0.39 is 5.60 Å². The zero-order valence-corrected chi connectivity index (χ0v) is 15.1. The number of hydrogen-bond donors (Lipinski definition) is 0. The first kappa shape index (κ1) is 17.3. The van der Waals surface area contributed by atoms with Crippen LogP contribution in [-0.2, 0) is 11.3 Å². The minimum Gasteiger partial charge on any atom is -0.444 e. The average molecular weight is 334 g/mol. The molecule has 6 nitrogen and oxygen atoms in total. The Morgan fingerprint density at radius 1 is 1.21 bits per heavy atom. The number of carbonyl (C=O) groups excluding carboxylic acids is 1. The van der Waals surface area contributed by atoms with Crippen molar-refractivity contribution >= 4 is 6.09 Å². The van der Waals surface area contributed by atoms with Crippen LogP contribution >= 0.6 is 0 Å². The monoisotopic (exact) mass is 334 g/mol. The van der Waals surface area contributed by atoms with Crippen LogP contribution < -0.4 is 0 Å². The predicted octanol–water partition coefficient (Wildman–Crippen LogP) is 2.75. The van der Waals surface area contributed by atoms with Gasteiger partial charge in [-0.15, -0.1) is 0 Å². The van der Waals surface area contributed by atoms with Gasteiger partial charge in [-0.25, -0.2) is 9.78 Å². The summed E-state index contributed by atoms with van der Waals surface area (Å²) in [5.74, 6) is 0. The molecule has 2 aliphatic heterocycles. The maximum absolute atomic E-state index is 12.6. The number of aromatic nitrogens is 2. The first-order chi connectivity index (χ1) is 11.4. The van der Waals surface area contributed by atoms with E-state index in [0.29, 0.717) is 12.1 Å². The molecule has 0 unspecified atom stereocenters. The quantitative estimate of drug-likeness (QED) is 0.849. The molecule has 134 valence electrons. The van der Waals surface area contributed by atoms with E-state index >= 15 is 0 Å². The van der Waals surface area contributed by atoms with Crippen LogP contribution in [0, 0.1) is 0 Å². The molecular formula is C18H30N4O2. The zero-order chi connectivity index (χ0) is 17.2. The first-order valence-electron chi connectivity index (χ1n) is 9.12. The van der Waals surface area contributed by atoms with Gasteiger partial charge >= 0.3 is 6.09 Å². The van der Waals surface area contributed by atoms with Gasteiger partial charge in [-0.2, -0.15) is 0 Å². The molecule has 1 amide bonds. The Morgan fingerprint density at radius 2 is 2.00 bits per heavy atom. The molecule has 3 heterocycles. The second-order valence-electron chi connectivity index (χ2n) is 8.02. The lowest BCUT2D eigenvalue weighted by Gasteiger charge is -2.31. The third-order valence-corrected chi connectivity index (χ3v) is 4.92. The molecule has 2 aliphatic rings. The van der Waals surface area contributed by atoms with Crippen LogP contribution in [0.1, 0.15) is 46.5 Å². The number of hydrogen-bond acceptors (Lipinski definition) is 4. The molecule has 1 aromatic heterocycles. The molecule has 0 N–H and O–H groups in total. The maximum Gasteiger partial charge on any atom is 0.410 e. The molecule has 2 bridgehead atoms. The zero-order valence-electron chi connectivity index (χ0n) is 15.1. The number of carbonyl (C=O) groups is 1. The Morgan fingerprint density at radius 3 is 2.71 bits per heavy atom. The van der Waals surface area contributed by atoms with E-state index in [4.69, 9.17) is 4.74 Å². The smallest absolute Gasteiger partial charge is 0.410 e. The van der Waals surface area contributed by atoms with Crippen LogP contribution in [0.15, 0.2) is 18.7 Å². The van der Waals surface area contributed by atoms with Gasteiger partial charge in [0.05, 0.1) is 6.33 Å². The van der Waals surface area contributed by atoms with E-state index in [2.05, 4.69) is 14.5 Å². The summed E-state index contributed by atoms with van der Waals surface area (Å²) in [5, 5.41) is 0. The SMILES string of the molecule is CC(C)(C)OC(=O)N1[C@H]2CC[C@H]1CN(CCCn1ccnc1)CC2. The topological polar surface area (TPSA) is 50.6 Å². The fourth-order valence-corrected chi connectivity index (χ4v) is 3.86. The number of aryl methyl sites for hydroxylation is 1. The van der Waals surface area contributed by atoms with Crippen molar-refractivity contribution in [3.05, 3.63) is 18.7 Å². The van der Waals surface area contributed by atoms with E-state index in [1.807, 2.05) is 44.4 Å². The Labute approximate surface area is 144 Å². The lowest BCUT2D eigenvalue weighted by molar-refractivity contribution is 0.0153. The van der Waals surface area contributed by atoms with Crippen molar-refractivity contribution in [2.45, 2.75) is 70.7 Å². The lowest BCUT2D eigenvalue weighted by Crippen LogP contribution is -2.45. The van der Waals surface area contributed by atoms with Gasteiger partial charge in [0.1, 0.15) is 5.60 Å². The van der Waals surface area contributed by atoms with Gasteiger partial charge in [-0.3, -0.25) is 0 Å². The second-order valence-corrected chi connectivity index (χ2v) is 8.02. The highest BCUT2D eigenvalue weighted by Crippen LogP contribution is 2.31. The summed E-state index contributed by atoms with van der Waals surface area (Å²) in [4.78, 5) is 21.2. The Bertz CT molecular complexity index is 538. The molecule has 2 atom stereocenters. The first-order valence-corrected chi connectivity index (χ1v) is 9.12. The molecule has 2 fully saturated rings. The number of nitrogens with zero attached hydrogens (tertiary/aromatic N) is 4. The van der Waals surface area contributed by atoms with E-state index in [9.17, 15) is 4.79 Å². The van der Waals surface area contributed by atoms with Crippen LogP contribution in [0.25, 0.3) is 0 Å². The predicted molar refractivity (Wildman–Crippen MR) is 92.8 cm³/mol. The van der Waals surface area contributed by atoms with Gasteiger partial charge in [0.2, 0.25) is 0 Å². The molecule has 3 rings (SSSR count). The molecule has 0 aliphatic carbocycles. The van der Waals surface area contributed by atoms with Crippen LogP contribution in [0.5, 0.6) is 0 Å². The number of ether oxygens (including phenoxy) is 1. The molecule has 2 saturated heterocycles. The highest BCUT2D eigenvalue weighted by molar-refractivity contribution is 5.69. The van der Waals surface area contributed by atoms with Gasteiger partial charge in [-0.1, -0.05) is 0 Å². The summed E-state index contributed by atoms with van der Waals surface area (Å²) in [6.45, 7) is 9.93. The normalized spacial score (nSPS) is 24.9. The van der Waals surface area contributed by atoms with E-state index in [0.717, 1.165) is 51.9 Å². The van der Waals surface area contributed by atoms with Gasteiger partial charge in [-0.05, 0) is 53.0 Å². The standard InChI is InChI=1S/C18H30N4O2/c1-18(2,3)24-17(23)22-15-5-6-16(22)13-20(11-7-15)9-4-10-21-12-8-19-14-21/h8,12,14-16H,4-7,9-11,13H2,1-3H3/t15-,16-/m0/s1. The number of rotatable bonds is 4. The van der Waals surface area contributed by atoms with Crippen LogP contribution in [0.4, 0.5) is 4.79 Å². The van der Waals surface area contributed by atoms with Gasteiger partial charge in [0, 0.05) is 44.1 Å². The minimum absolute atomic E-state index is 0.129. The lowest BCUT2D eigenvalue weighted by atomic mass is 10.1. The minimum atomic E-state index is -0.423. The number of likely N-dealkylation sites (tertiary alicyclic amines) is 1. The van der Waals surface area contributed by atoms with Gasteiger partial charge in [0.25, 0.3) is 0 Å². The molecular weight excluding hydrogens is 304 g/mol. The van der Waals surface area contributed by atoms with Crippen molar-refractivity contribution in [1.82, 2.24) is 19.4 Å². The summed E-state index contributed by atoms with van der Waals surface area (Å²) in [7, 11) is 0. The van der Waals surface area contributed by atoms with Crippen molar-refractivity contribution < 1.29 is 9.53 Å². The van der Waals surface area contributed by atoms with Crippen molar-refractivity contribution in [3.8, 4) is 0 Å².